The van der Waals surface area contributed by atoms with Gasteiger partial charge in [0.05, 0.1) is 12.0 Å². The number of fused-ring (bicyclic) bond motifs is 1. The Bertz CT molecular complexity index is 725. The molecule has 1 unspecified atom stereocenters. The number of hydrogen-bond acceptors (Lipinski definition) is 2. The van der Waals surface area contributed by atoms with Crippen molar-refractivity contribution in [3.8, 4) is 0 Å². The van der Waals surface area contributed by atoms with Gasteiger partial charge >= 0.3 is 0 Å². The first-order valence-corrected chi connectivity index (χ1v) is 7.00. The predicted molar refractivity (Wildman–Crippen MR) is 76.9 cm³/mol. The fourth-order valence-corrected chi connectivity index (χ4v) is 2.80. The minimum absolute atomic E-state index is 0.141. The molecule has 2 aromatic carbocycles. The highest BCUT2D eigenvalue weighted by Gasteiger charge is 2.23. The molecule has 1 atom stereocenters. The summed E-state index contributed by atoms with van der Waals surface area (Å²) in [5.41, 5.74) is 1.29. The number of anilines is 1. The molecule has 1 aliphatic heterocycles. The number of rotatable bonds is 2. The first-order chi connectivity index (χ1) is 9.95. The van der Waals surface area contributed by atoms with E-state index in [1.807, 2.05) is 0 Å². The van der Waals surface area contributed by atoms with E-state index in [0.29, 0.717) is 16.8 Å². The Morgan fingerprint density at radius 1 is 1.19 bits per heavy atom. The first kappa shape index (κ1) is 14.2. The Hall–Kier alpha value is -1.79. The third-order valence-electron chi connectivity index (χ3n) is 3.39. The topological polar surface area (TPSA) is 49.3 Å². The normalized spacial score (nSPS) is 14.8. The average molecular weight is 354 g/mol. The summed E-state index contributed by atoms with van der Waals surface area (Å²) < 4.78 is 28.0. The van der Waals surface area contributed by atoms with Crippen LogP contribution in [0.1, 0.15) is 22.8 Å². The molecule has 0 saturated heterocycles. The lowest BCUT2D eigenvalue weighted by Crippen LogP contribution is -2.06. The van der Waals surface area contributed by atoms with Gasteiger partial charge in [-0.2, -0.15) is 0 Å². The number of amides is 1. The van der Waals surface area contributed by atoms with E-state index in [9.17, 15) is 18.7 Å². The first-order valence-electron chi connectivity index (χ1n) is 6.21. The molecule has 0 saturated carbocycles. The van der Waals surface area contributed by atoms with Gasteiger partial charge in [0.15, 0.2) is 0 Å². The van der Waals surface area contributed by atoms with Crippen LogP contribution in [0.4, 0.5) is 14.5 Å². The Kier molecular flexibility index (Phi) is 3.51. The maximum absolute atomic E-state index is 13.9. The Balaban J connectivity index is 2.02. The van der Waals surface area contributed by atoms with Crippen molar-refractivity contribution in [2.24, 2.45) is 0 Å². The van der Waals surface area contributed by atoms with Crippen molar-refractivity contribution in [2.45, 2.75) is 12.5 Å². The van der Waals surface area contributed by atoms with Crippen LogP contribution >= 0.6 is 15.9 Å². The van der Waals surface area contributed by atoms with Crippen molar-refractivity contribution < 1.29 is 18.7 Å². The molecule has 0 spiro atoms. The molecule has 0 aliphatic carbocycles. The number of aliphatic hydroxyl groups excluding tert-OH is 1. The van der Waals surface area contributed by atoms with Crippen molar-refractivity contribution in [1.29, 1.82) is 0 Å². The van der Waals surface area contributed by atoms with Gasteiger partial charge in [0, 0.05) is 10.2 Å². The molecule has 2 aromatic rings. The third kappa shape index (κ3) is 2.56. The summed E-state index contributed by atoms with van der Waals surface area (Å²) in [5.74, 6) is -1.80. The van der Waals surface area contributed by atoms with Crippen LogP contribution in [-0.2, 0) is 11.2 Å². The van der Waals surface area contributed by atoms with Gasteiger partial charge in [-0.15, -0.1) is 0 Å². The smallest absolute Gasteiger partial charge is 0.228 e. The standard InChI is InChI=1S/C15H10BrF2NO2/c16-9-5-10(17)14(11(18)6-9)15(21)7-1-2-12-8(3-7)4-13(20)19-12/h1-3,5-6,15,21H,4H2,(H,19,20). The van der Waals surface area contributed by atoms with E-state index in [1.54, 1.807) is 12.1 Å². The fraction of sp³-hybridized carbons (Fsp3) is 0.133. The number of carbonyl (C=O) groups is 1. The van der Waals surface area contributed by atoms with Crippen molar-refractivity contribution in [2.75, 3.05) is 5.32 Å². The number of halogens is 3. The molecular weight excluding hydrogens is 344 g/mol. The Morgan fingerprint density at radius 2 is 1.86 bits per heavy atom. The second-order valence-corrected chi connectivity index (χ2v) is 5.74. The molecule has 0 radical (unpaired) electrons. The zero-order chi connectivity index (χ0) is 15.1. The lowest BCUT2D eigenvalue weighted by Gasteiger charge is -2.14. The van der Waals surface area contributed by atoms with Crippen LogP contribution in [0, 0.1) is 11.6 Å². The van der Waals surface area contributed by atoms with Crippen LogP contribution in [0.3, 0.4) is 0 Å². The Morgan fingerprint density at radius 3 is 2.52 bits per heavy atom. The van der Waals surface area contributed by atoms with Crippen LogP contribution in [0.15, 0.2) is 34.8 Å². The second-order valence-electron chi connectivity index (χ2n) is 4.83. The molecule has 21 heavy (non-hydrogen) atoms. The van der Waals surface area contributed by atoms with Gasteiger partial charge in [-0.1, -0.05) is 28.1 Å². The number of nitrogens with one attached hydrogen (secondary N) is 1. The molecule has 0 aromatic heterocycles. The van der Waals surface area contributed by atoms with E-state index in [-0.39, 0.29) is 16.8 Å². The van der Waals surface area contributed by atoms with Gasteiger partial charge in [-0.3, -0.25) is 4.79 Å². The summed E-state index contributed by atoms with van der Waals surface area (Å²) >= 11 is 2.99. The van der Waals surface area contributed by atoms with Crippen molar-refractivity contribution in [3.63, 3.8) is 0 Å². The predicted octanol–water partition coefficient (Wildman–Crippen LogP) is 3.30. The van der Waals surface area contributed by atoms with Gasteiger partial charge in [0.1, 0.15) is 17.7 Å². The summed E-state index contributed by atoms with van der Waals surface area (Å²) in [6.45, 7) is 0. The van der Waals surface area contributed by atoms with Crippen LogP contribution in [0.2, 0.25) is 0 Å². The number of hydrogen-bond donors (Lipinski definition) is 2. The summed E-state index contributed by atoms with van der Waals surface area (Å²) in [7, 11) is 0. The van der Waals surface area contributed by atoms with Gasteiger partial charge in [-0.25, -0.2) is 8.78 Å². The number of carbonyl (C=O) groups excluding carboxylic acids is 1. The van der Waals surface area contributed by atoms with Crippen molar-refractivity contribution in [1.82, 2.24) is 0 Å². The molecule has 1 aliphatic rings. The maximum atomic E-state index is 13.9. The zero-order valence-corrected chi connectivity index (χ0v) is 12.2. The minimum atomic E-state index is -1.43. The Labute approximate surface area is 127 Å². The molecule has 1 amide bonds. The molecule has 108 valence electrons. The lowest BCUT2D eigenvalue weighted by molar-refractivity contribution is -0.115. The van der Waals surface area contributed by atoms with E-state index >= 15 is 0 Å². The molecular formula is C15H10BrF2NO2. The van der Waals surface area contributed by atoms with E-state index in [1.165, 1.54) is 6.07 Å². The van der Waals surface area contributed by atoms with Gasteiger partial charge in [-0.05, 0) is 29.3 Å². The summed E-state index contributed by atoms with van der Waals surface area (Å²) in [6, 6.07) is 6.93. The summed E-state index contributed by atoms with van der Waals surface area (Å²) in [5, 5.41) is 12.9. The molecule has 3 rings (SSSR count). The van der Waals surface area contributed by atoms with Gasteiger partial charge in [0.25, 0.3) is 0 Å². The summed E-state index contributed by atoms with van der Waals surface area (Å²) in [6.07, 6.45) is -1.24. The fourth-order valence-electron chi connectivity index (χ4n) is 2.40. The highest BCUT2D eigenvalue weighted by Crippen LogP contribution is 2.32. The monoisotopic (exact) mass is 353 g/mol. The SMILES string of the molecule is O=C1Cc2cc(C(O)c3c(F)cc(Br)cc3F)ccc2N1. The lowest BCUT2D eigenvalue weighted by atomic mass is 9.98. The second kappa shape index (κ2) is 5.20. The molecule has 3 nitrogen and oxygen atoms in total. The molecule has 0 fully saturated rings. The highest BCUT2D eigenvalue weighted by molar-refractivity contribution is 9.10. The van der Waals surface area contributed by atoms with Crippen molar-refractivity contribution in [3.05, 3.63) is 63.1 Å². The van der Waals surface area contributed by atoms with E-state index in [0.717, 1.165) is 12.1 Å². The minimum Gasteiger partial charge on any atom is -0.383 e. The molecule has 2 N–H and O–H groups in total. The average Bonchev–Trinajstić information content (AvgIpc) is 2.76. The number of benzene rings is 2. The quantitative estimate of drug-likeness (QED) is 0.870. The van der Waals surface area contributed by atoms with E-state index < -0.39 is 23.3 Å². The molecule has 6 heteroatoms. The van der Waals surface area contributed by atoms with Crippen LogP contribution in [-0.4, -0.2) is 11.0 Å². The van der Waals surface area contributed by atoms with Crippen LogP contribution in [0.25, 0.3) is 0 Å². The highest BCUT2D eigenvalue weighted by atomic mass is 79.9. The maximum Gasteiger partial charge on any atom is 0.228 e. The third-order valence-corrected chi connectivity index (χ3v) is 3.85. The van der Waals surface area contributed by atoms with Crippen LogP contribution < -0.4 is 5.32 Å². The van der Waals surface area contributed by atoms with Gasteiger partial charge in [0.2, 0.25) is 5.91 Å². The molecule has 1 heterocycles. The van der Waals surface area contributed by atoms with Gasteiger partial charge < -0.3 is 10.4 Å². The van der Waals surface area contributed by atoms with Crippen molar-refractivity contribution >= 4 is 27.5 Å². The summed E-state index contributed by atoms with van der Waals surface area (Å²) in [4.78, 5) is 11.3. The van der Waals surface area contributed by atoms with E-state index in [2.05, 4.69) is 21.2 Å². The number of aliphatic hydroxyl groups is 1. The van der Waals surface area contributed by atoms with Crippen LogP contribution in [0.5, 0.6) is 0 Å². The largest absolute Gasteiger partial charge is 0.383 e. The zero-order valence-electron chi connectivity index (χ0n) is 10.7. The molecule has 0 bridgehead atoms. The van der Waals surface area contributed by atoms with E-state index in [4.69, 9.17) is 0 Å².